The van der Waals surface area contributed by atoms with Crippen LogP contribution in [0.4, 0.5) is 0 Å². The van der Waals surface area contributed by atoms with Crippen LogP contribution in [-0.2, 0) is 11.3 Å². The van der Waals surface area contributed by atoms with Gasteiger partial charge in [0.2, 0.25) is 5.91 Å². The molecular formula is C7H12N4O. The van der Waals surface area contributed by atoms with Crippen LogP contribution in [0.2, 0.25) is 0 Å². The van der Waals surface area contributed by atoms with E-state index in [2.05, 4.69) is 10.2 Å². The molecule has 0 aliphatic rings. The molecule has 66 valence electrons. The second-order valence-electron chi connectivity index (χ2n) is 2.56. The van der Waals surface area contributed by atoms with Crippen molar-refractivity contribution in [3.8, 4) is 0 Å². The quantitative estimate of drug-likeness (QED) is 0.628. The molecular weight excluding hydrogens is 156 g/mol. The zero-order valence-corrected chi connectivity index (χ0v) is 6.95. The first-order valence-electron chi connectivity index (χ1n) is 3.65. The van der Waals surface area contributed by atoms with E-state index in [4.69, 9.17) is 5.73 Å². The average Bonchev–Trinajstić information content (AvgIpc) is 2.55. The van der Waals surface area contributed by atoms with Gasteiger partial charge in [0, 0.05) is 25.4 Å². The van der Waals surface area contributed by atoms with Gasteiger partial charge in [-0.1, -0.05) is 0 Å². The topological polar surface area (TPSA) is 75.0 Å². The van der Waals surface area contributed by atoms with Crippen molar-refractivity contribution >= 4 is 5.91 Å². The van der Waals surface area contributed by atoms with Crippen LogP contribution in [0, 0.1) is 0 Å². The van der Waals surface area contributed by atoms with Gasteiger partial charge in [-0.3, -0.25) is 9.89 Å². The fraction of sp³-hybridized carbons (Fsp3) is 0.429. The van der Waals surface area contributed by atoms with Gasteiger partial charge in [-0.05, 0) is 0 Å². The lowest BCUT2D eigenvalue weighted by atomic mass is 10.3. The van der Waals surface area contributed by atoms with E-state index < -0.39 is 0 Å². The van der Waals surface area contributed by atoms with Crippen LogP contribution >= 0.6 is 0 Å². The molecule has 1 rings (SSSR count). The van der Waals surface area contributed by atoms with Crippen molar-refractivity contribution in [1.29, 1.82) is 0 Å². The highest BCUT2D eigenvalue weighted by Gasteiger charge is 2.06. The largest absolute Gasteiger partial charge is 0.340 e. The van der Waals surface area contributed by atoms with E-state index in [1.807, 2.05) is 0 Å². The highest BCUT2D eigenvalue weighted by molar-refractivity contribution is 5.77. The molecule has 0 bridgehead atoms. The molecule has 0 atom stereocenters. The van der Waals surface area contributed by atoms with Crippen LogP contribution in [0.25, 0.3) is 0 Å². The minimum Gasteiger partial charge on any atom is -0.340 e. The summed E-state index contributed by atoms with van der Waals surface area (Å²) in [5, 5.41) is 6.44. The normalized spacial score (nSPS) is 9.83. The lowest BCUT2D eigenvalue weighted by molar-refractivity contribution is -0.128. The molecule has 1 heterocycles. The third-order valence-corrected chi connectivity index (χ3v) is 1.57. The summed E-state index contributed by atoms with van der Waals surface area (Å²) in [6, 6.07) is 0. The number of H-pyrrole nitrogens is 1. The zero-order valence-electron chi connectivity index (χ0n) is 6.95. The molecule has 1 amide bonds. The smallest absolute Gasteiger partial charge is 0.236 e. The molecule has 5 heteroatoms. The average molecular weight is 168 g/mol. The number of nitrogens with one attached hydrogen (secondary N) is 1. The van der Waals surface area contributed by atoms with Gasteiger partial charge in [-0.2, -0.15) is 5.10 Å². The molecule has 0 aromatic carbocycles. The first-order chi connectivity index (χ1) is 5.74. The predicted octanol–water partition coefficient (Wildman–Crippen LogP) is -0.673. The molecule has 3 N–H and O–H groups in total. The van der Waals surface area contributed by atoms with Gasteiger partial charge in [-0.25, -0.2) is 0 Å². The Hall–Kier alpha value is -1.36. The van der Waals surface area contributed by atoms with Gasteiger partial charge >= 0.3 is 0 Å². The second kappa shape index (κ2) is 3.87. The zero-order chi connectivity index (χ0) is 8.97. The number of hydrogen-bond acceptors (Lipinski definition) is 3. The fourth-order valence-corrected chi connectivity index (χ4v) is 0.882. The molecule has 0 saturated carbocycles. The summed E-state index contributed by atoms with van der Waals surface area (Å²) in [4.78, 5) is 12.6. The van der Waals surface area contributed by atoms with Gasteiger partial charge in [-0.15, -0.1) is 0 Å². The van der Waals surface area contributed by atoms with Crippen LogP contribution in [0.5, 0.6) is 0 Å². The van der Waals surface area contributed by atoms with E-state index in [0.717, 1.165) is 5.56 Å². The van der Waals surface area contributed by atoms with Crippen molar-refractivity contribution in [2.45, 2.75) is 6.54 Å². The molecule has 1 aromatic rings. The molecule has 0 aliphatic carbocycles. The van der Waals surface area contributed by atoms with E-state index in [9.17, 15) is 4.79 Å². The summed E-state index contributed by atoms with van der Waals surface area (Å²) >= 11 is 0. The first kappa shape index (κ1) is 8.73. The SMILES string of the molecule is CN(Cc1cn[nH]c1)C(=O)CN. The first-order valence-corrected chi connectivity index (χ1v) is 3.65. The number of carbonyl (C=O) groups is 1. The maximum Gasteiger partial charge on any atom is 0.236 e. The third-order valence-electron chi connectivity index (χ3n) is 1.57. The Balaban J connectivity index is 2.47. The van der Waals surface area contributed by atoms with Gasteiger partial charge in [0.15, 0.2) is 0 Å². The number of rotatable bonds is 3. The van der Waals surface area contributed by atoms with Gasteiger partial charge in [0.25, 0.3) is 0 Å². The minimum absolute atomic E-state index is 0.0500. The Labute approximate surface area is 70.5 Å². The van der Waals surface area contributed by atoms with Crippen LogP contribution in [0.3, 0.4) is 0 Å². The summed E-state index contributed by atoms with van der Waals surface area (Å²) in [6.45, 7) is 0.598. The number of nitrogens with zero attached hydrogens (tertiary/aromatic N) is 2. The monoisotopic (exact) mass is 168 g/mol. The van der Waals surface area contributed by atoms with Crippen LogP contribution in [0.1, 0.15) is 5.56 Å². The highest BCUT2D eigenvalue weighted by atomic mass is 16.2. The summed E-state index contributed by atoms with van der Waals surface area (Å²) in [6.07, 6.45) is 3.43. The molecule has 5 nitrogen and oxygen atoms in total. The molecule has 1 aromatic heterocycles. The molecule has 0 saturated heterocycles. The summed E-state index contributed by atoms with van der Waals surface area (Å²) in [5.74, 6) is -0.0730. The van der Waals surface area contributed by atoms with Crippen molar-refractivity contribution in [2.75, 3.05) is 13.6 Å². The molecule has 12 heavy (non-hydrogen) atoms. The summed E-state index contributed by atoms with van der Waals surface area (Å²) in [5.41, 5.74) is 6.16. The number of aromatic amines is 1. The van der Waals surface area contributed by atoms with Crippen molar-refractivity contribution in [3.05, 3.63) is 18.0 Å². The maximum absolute atomic E-state index is 11.0. The Morgan fingerprint density at radius 1 is 1.83 bits per heavy atom. The van der Waals surface area contributed by atoms with Crippen molar-refractivity contribution in [3.63, 3.8) is 0 Å². The lowest BCUT2D eigenvalue weighted by Crippen LogP contribution is -2.31. The molecule has 0 spiro atoms. The van der Waals surface area contributed by atoms with Crippen LogP contribution in [0.15, 0.2) is 12.4 Å². The van der Waals surface area contributed by atoms with E-state index in [0.29, 0.717) is 6.54 Å². The van der Waals surface area contributed by atoms with Crippen LogP contribution in [-0.4, -0.2) is 34.6 Å². The Kier molecular flexibility index (Phi) is 2.82. The number of likely N-dealkylation sites (N-methyl/N-ethyl adjacent to an activating group) is 1. The summed E-state index contributed by atoms with van der Waals surface area (Å²) in [7, 11) is 1.71. The predicted molar refractivity (Wildman–Crippen MR) is 44.1 cm³/mol. The molecule has 0 fully saturated rings. The standard InChI is InChI=1S/C7H12N4O/c1-11(7(12)2-8)5-6-3-9-10-4-6/h3-4H,2,5,8H2,1H3,(H,9,10). The van der Waals surface area contributed by atoms with E-state index in [1.165, 1.54) is 0 Å². The molecule has 0 aliphatic heterocycles. The highest BCUT2D eigenvalue weighted by Crippen LogP contribution is 1.98. The Morgan fingerprint density at radius 3 is 3.08 bits per heavy atom. The summed E-state index contributed by atoms with van der Waals surface area (Å²) < 4.78 is 0. The van der Waals surface area contributed by atoms with Crippen molar-refractivity contribution in [1.82, 2.24) is 15.1 Å². The number of carbonyl (C=O) groups excluding carboxylic acids is 1. The maximum atomic E-state index is 11.0. The van der Waals surface area contributed by atoms with Gasteiger partial charge in [0.05, 0.1) is 12.7 Å². The number of aromatic nitrogens is 2. The number of amides is 1. The van der Waals surface area contributed by atoms with Gasteiger partial charge in [0.1, 0.15) is 0 Å². The van der Waals surface area contributed by atoms with Crippen molar-refractivity contribution < 1.29 is 4.79 Å². The molecule has 0 radical (unpaired) electrons. The fourth-order valence-electron chi connectivity index (χ4n) is 0.882. The number of nitrogens with two attached hydrogens (primary N) is 1. The van der Waals surface area contributed by atoms with Crippen LogP contribution < -0.4 is 5.73 Å². The second-order valence-corrected chi connectivity index (χ2v) is 2.56. The Bertz CT molecular complexity index is 244. The van der Waals surface area contributed by atoms with Crippen molar-refractivity contribution in [2.24, 2.45) is 5.73 Å². The van der Waals surface area contributed by atoms with E-state index in [1.54, 1.807) is 24.3 Å². The minimum atomic E-state index is -0.0730. The number of hydrogen-bond donors (Lipinski definition) is 2. The third kappa shape index (κ3) is 2.06. The molecule has 0 unspecified atom stereocenters. The van der Waals surface area contributed by atoms with Gasteiger partial charge < -0.3 is 10.6 Å². The van der Waals surface area contributed by atoms with E-state index >= 15 is 0 Å². The van der Waals surface area contributed by atoms with E-state index in [-0.39, 0.29) is 12.5 Å². The lowest BCUT2D eigenvalue weighted by Gasteiger charge is -2.14. The Morgan fingerprint density at radius 2 is 2.58 bits per heavy atom.